The summed E-state index contributed by atoms with van der Waals surface area (Å²) < 4.78 is 25.2. The Hall–Kier alpha value is -1.47. The molecule has 0 aliphatic rings. The van der Waals surface area contributed by atoms with E-state index in [1.807, 2.05) is 31.2 Å². The van der Waals surface area contributed by atoms with E-state index in [1.165, 1.54) is 12.1 Å². The monoisotopic (exact) mass is 434 g/mol. The van der Waals surface area contributed by atoms with Crippen molar-refractivity contribution < 1.29 is 13.2 Å². The summed E-state index contributed by atoms with van der Waals surface area (Å²) in [7, 11) is -3.77. The zero-order valence-corrected chi connectivity index (χ0v) is 17.2. The highest BCUT2D eigenvalue weighted by atomic mass is 35.5. The first-order chi connectivity index (χ1) is 12.1. The van der Waals surface area contributed by atoms with E-state index in [0.717, 1.165) is 21.7 Å². The molecule has 0 aliphatic heterocycles. The van der Waals surface area contributed by atoms with Crippen molar-refractivity contribution in [1.82, 2.24) is 5.32 Å². The molecule has 2 aromatic rings. The number of amides is 1. The van der Waals surface area contributed by atoms with Crippen molar-refractivity contribution in [2.45, 2.75) is 13.5 Å². The van der Waals surface area contributed by atoms with Gasteiger partial charge in [0.2, 0.25) is 15.9 Å². The highest BCUT2D eigenvalue weighted by Crippen LogP contribution is 2.35. The molecule has 0 aliphatic carbocycles. The van der Waals surface area contributed by atoms with Crippen LogP contribution in [0.2, 0.25) is 15.1 Å². The first kappa shape index (κ1) is 20.8. The number of rotatable bonds is 6. The molecule has 5 nitrogen and oxygen atoms in total. The van der Waals surface area contributed by atoms with Gasteiger partial charge in [0, 0.05) is 6.54 Å². The Morgan fingerprint density at radius 3 is 2.31 bits per heavy atom. The van der Waals surface area contributed by atoms with Crippen LogP contribution in [-0.4, -0.2) is 27.1 Å². The number of benzene rings is 2. The Bertz CT molecular complexity index is 933. The Balaban J connectivity index is 2.20. The molecule has 0 fully saturated rings. The summed E-state index contributed by atoms with van der Waals surface area (Å²) >= 11 is 17.9. The number of carbonyl (C=O) groups excluding carboxylic acids is 1. The van der Waals surface area contributed by atoms with E-state index in [0.29, 0.717) is 0 Å². The second-order valence-electron chi connectivity index (χ2n) is 5.69. The quantitative estimate of drug-likeness (QED) is 0.696. The lowest BCUT2D eigenvalue weighted by atomic mass is 10.1. The van der Waals surface area contributed by atoms with Crippen molar-refractivity contribution in [3.8, 4) is 0 Å². The normalized spacial score (nSPS) is 11.3. The lowest BCUT2D eigenvalue weighted by Crippen LogP contribution is -2.40. The van der Waals surface area contributed by atoms with E-state index in [2.05, 4.69) is 5.32 Å². The van der Waals surface area contributed by atoms with Crippen LogP contribution in [0.4, 0.5) is 5.69 Å². The predicted octanol–water partition coefficient (Wildman–Crippen LogP) is 4.04. The van der Waals surface area contributed by atoms with Gasteiger partial charge in [0.15, 0.2) is 0 Å². The highest BCUT2D eigenvalue weighted by molar-refractivity contribution is 7.92. The Kier molecular flexibility index (Phi) is 6.80. The maximum absolute atomic E-state index is 12.3. The molecule has 0 heterocycles. The second-order valence-corrected chi connectivity index (χ2v) is 8.82. The third-order valence-electron chi connectivity index (χ3n) is 3.68. The van der Waals surface area contributed by atoms with Gasteiger partial charge in [-0.25, -0.2) is 8.42 Å². The van der Waals surface area contributed by atoms with E-state index < -0.39 is 22.5 Å². The van der Waals surface area contributed by atoms with Crippen molar-refractivity contribution in [2.24, 2.45) is 0 Å². The van der Waals surface area contributed by atoms with Crippen LogP contribution in [0.3, 0.4) is 0 Å². The van der Waals surface area contributed by atoms with Crippen LogP contribution in [0, 0.1) is 6.92 Å². The lowest BCUT2D eigenvalue weighted by molar-refractivity contribution is -0.119. The molecule has 2 rings (SSSR count). The van der Waals surface area contributed by atoms with E-state index in [-0.39, 0.29) is 27.3 Å². The molecule has 0 saturated carbocycles. The number of nitrogens with one attached hydrogen (secondary N) is 1. The molecular formula is C17H17Cl3N2O3S. The average molecular weight is 436 g/mol. The van der Waals surface area contributed by atoms with E-state index >= 15 is 0 Å². The Labute approximate surface area is 167 Å². The number of halogens is 3. The first-order valence-electron chi connectivity index (χ1n) is 7.53. The fourth-order valence-electron chi connectivity index (χ4n) is 2.27. The molecule has 0 saturated heterocycles. The third kappa shape index (κ3) is 5.27. The minimum absolute atomic E-state index is 0.0801. The zero-order chi connectivity index (χ0) is 19.5. The summed E-state index contributed by atoms with van der Waals surface area (Å²) in [4.78, 5) is 12.3. The molecule has 0 spiro atoms. The van der Waals surface area contributed by atoms with E-state index in [4.69, 9.17) is 34.8 Å². The second kappa shape index (κ2) is 8.48. The first-order valence-corrected chi connectivity index (χ1v) is 10.5. The standard InChI is InChI=1S/C17H17Cl3N2O3S/c1-11-5-3-4-6-12(11)9-21-17(23)10-22(26(2,24)25)16-8-14(19)13(18)7-15(16)20/h3-8H,9-10H2,1-2H3,(H,21,23). The molecule has 140 valence electrons. The molecule has 9 heteroatoms. The van der Waals surface area contributed by atoms with Crippen LogP contribution in [0.15, 0.2) is 36.4 Å². The molecule has 0 aromatic heterocycles. The van der Waals surface area contributed by atoms with Gasteiger partial charge in [-0.3, -0.25) is 9.10 Å². The molecular weight excluding hydrogens is 419 g/mol. The fourth-order valence-corrected chi connectivity index (χ4v) is 3.83. The van der Waals surface area contributed by atoms with Gasteiger partial charge in [-0.2, -0.15) is 0 Å². The van der Waals surface area contributed by atoms with Gasteiger partial charge < -0.3 is 5.32 Å². The molecule has 1 amide bonds. The predicted molar refractivity (Wildman–Crippen MR) is 107 cm³/mol. The van der Waals surface area contributed by atoms with Crippen LogP contribution >= 0.6 is 34.8 Å². The third-order valence-corrected chi connectivity index (χ3v) is 5.83. The average Bonchev–Trinajstić information content (AvgIpc) is 2.54. The van der Waals surface area contributed by atoms with Crippen molar-refractivity contribution in [3.63, 3.8) is 0 Å². The number of anilines is 1. The van der Waals surface area contributed by atoms with E-state index in [1.54, 1.807) is 0 Å². The molecule has 0 atom stereocenters. The number of nitrogens with zero attached hydrogens (tertiary/aromatic N) is 1. The van der Waals surface area contributed by atoms with Crippen LogP contribution in [0.25, 0.3) is 0 Å². The Morgan fingerprint density at radius 1 is 1.08 bits per heavy atom. The van der Waals surface area contributed by atoms with Gasteiger partial charge in [0.1, 0.15) is 6.54 Å². The van der Waals surface area contributed by atoms with Crippen molar-refractivity contribution in [1.29, 1.82) is 0 Å². The number of aryl methyl sites for hydroxylation is 1. The van der Waals surface area contributed by atoms with Gasteiger partial charge in [0.25, 0.3) is 0 Å². The summed E-state index contributed by atoms with van der Waals surface area (Å²) in [5, 5.41) is 3.12. The van der Waals surface area contributed by atoms with Crippen molar-refractivity contribution in [2.75, 3.05) is 17.1 Å². The summed E-state index contributed by atoms with van der Waals surface area (Å²) in [5.74, 6) is -0.471. The maximum atomic E-state index is 12.3. The highest BCUT2D eigenvalue weighted by Gasteiger charge is 2.24. The van der Waals surface area contributed by atoms with E-state index in [9.17, 15) is 13.2 Å². The zero-order valence-electron chi connectivity index (χ0n) is 14.1. The molecule has 1 N–H and O–H groups in total. The van der Waals surface area contributed by atoms with Crippen LogP contribution < -0.4 is 9.62 Å². The van der Waals surface area contributed by atoms with Crippen LogP contribution in [0.5, 0.6) is 0 Å². The smallest absolute Gasteiger partial charge is 0.241 e. The minimum atomic E-state index is -3.77. The number of sulfonamides is 1. The maximum Gasteiger partial charge on any atom is 0.241 e. The lowest BCUT2D eigenvalue weighted by Gasteiger charge is -2.23. The van der Waals surface area contributed by atoms with Gasteiger partial charge in [-0.1, -0.05) is 59.1 Å². The van der Waals surface area contributed by atoms with Crippen LogP contribution in [-0.2, 0) is 21.4 Å². The van der Waals surface area contributed by atoms with Gasteiger partial charge in [0.05, 0.1) is 27.0 Å². The number of hydrogen-bond acceptors (Lipinski definition) is 3. The molecule has 0 bridgehead atoms. The molecule has 0 radical (unpaired) electrons. The Morgan fingerprint density at radius 2 is 1.69 bits per heavy atom. The van der Waals surface area contributed by atoms with Gasteiger partial charge in [-0.05, 0) is 30.2 Å². The van der Waals surface area contributed by atoms with Gasteiger partial charge in [-0.15, -0.1) is 0 Å². The molecule has 0 unspecified atom stereocenters. The van der Waals surface area contributed by atoms with Crippen LogP contribution in [0.1, 0.15) is 11.1 Å². The SMILES string of the molecule is Cc1ccccc1CNC(=O)CN(c1cc(Cl)c(Cl)cc1Cl)S(C)(=O)=O. The summed E-state index contributed by atoms with van der Waals surface area (Å²) in [6.45, 7) is 1.79. The number of hydrogen-bond donors (Lipinski definition) is 1. The summed E-state index contributed by atoms with van der Waals surface area (Å²) in [6, 6.07) is 10.2. The number of carbonyl (C=O) groups is 1. The molecule has 26 heavy (non-hydrogen) atoms. The summed E-state index contributed by atoms with van der Waals surface area (Å²) in [5.41, 5.74) is 2.06. The fraction of sp³-hybridized carbons (Fsp3) is 0.235. The molecule has 2 aromatic carbocycles. The van der Waals surface area contributed by atoms with Crippen molar-refractivity contribution >= 4 is 56.4 Å². The van der Waals surface area contributed by atoms with Gasteiger partial charge >= 0.3 is 0 Å². The minimum Gasteiger partial charge on any atom is -0.350 e. The largest absolute Gasteiger partial charge is 0.350 e. The van der Waals surface area contributed by atoms with Crippen molar-refractivity contribution in [3.05, 3.63) is 62.6 Å². The topological polar surface area (TPSA) is 66.5 Å². The summed E-state index contributed by atoms with van der Waals surface area (Å²) in [6.07, 6.45) is 0.987.